The van der Waals surface area contributed by atoms with Crippen molar-refractivity contribution in [1.29, 1.82) is 0 Å². The van der Waals surface area contributed by atoms with Crippen molar-refractivity contribution in [3.63, 3.8) is 0 Å². The summed E-state index contributed by atoms with van der Waals surface area (Å²) in [5.74, 6) is 1.58. The molecule has 1 aliphatic heterocycles. The van der Waals surface area contributed by atoms with Gasteiger partial charge in [0, 0.05) is 12.1 Å². The van der Waals surface area contributed by atoms with Crippen LogP contribution in [0.1, 0.15) is 65.7 Å². The molecule has 0 aromatic carbocycles. The lowest BCUT2D eigenvalue weighted by Crippen LogP contribution is -2.47. The molecule has 1 saturated carbocycles. The van der Waals surface area contributed by atoms with E-state index in [1.165, 1.54) is 32.1 Å². The molecule has 0 bridgehead atoms. The second kappa shape index (κ2) is 6.35. The standard InChI is InChI=1S/C16H31NO2S/c1-4-16(2,3)13-7-9-14(10-8-13)17-15-6-5-11-20(18,19)12-15/h13-15,17H,4-12H2,1-3H3. The summed E-state index contributed by atoms with van der Waals surface area (Å²) in [5.41, 5.74) is 0.457. The van der Waals surface area contributed by atoms with Gasteiger partial charge in [-0.25, -0.2) is 8.42 Å². The molecule has 1 unspecified atom stereocenters. The Balaban J connectivity index is 1.80. The Morgan fingerprint density at radius 2 is 1.70 bits per heavy atom. The summed E-state index contributed by atoms with van der Waals surface area (Å²) >= 11 is 0. The van der Waals surface area contributed by atoms with E-state index in [1.54, 1.807) is 0 Å². The molecule has 20 heavy (non-hydrogen) atoms. The minimum absolute atomic E-state index is 0.203. The highest BCUT2D eigenvalue weighted by atomic mass is 32.2. The van der Waals surface area contributed by atoms with Crippen LogP contribution >= 0.6 is 0 Å². The van der Waals surface area contributed by atoms with Crippen molar-refractivity contribution in [3.05, 3.63) is 0 Å². The van der Waals surface area contributed by atoms with Crippen LogP contribution in [0.2, 0.25) is 0 Å². The first-order valence-electron chi connectivity index (χ1n) is 8.29. The maximum Gasteiger partial charge on any atom is 0.151 e. The van der Waals surface area contributed by atoms with Crippen LogP contribution in [0.15, 0.2) is 0 Å². The fourth-order valence-electron chi connectivity index (χ4n) is 3.82. The Bertz CT molecular complexity index is 408. The molecular formula is C16H31NO2S. The third-order valence-corrected chi connectivity index (χ3v) is 7.50. The summed E-state index contributed by atoms with van der Waals surface area (Å²) < 4.78 is 23.4. The van der Waals surface area contributed by atoms with Crippen molar-refractivity contribution < 1.29 is 8.42 Å². The maximum absolute atomic E-state index is 11.7. The minimum atomic E-state index is -2.78. The summed E-state index contributed by atoms with van der Waals surface area (Å²) in [5, 5.41) is 3.62. The number of hydrogen-bond donors (Lipinski definition) is 1. The molecule has 1 N–H and O–H groups in total. The van der Waals surface area contributed by atoms with E-state index in [1.807, 2.05) is 0 Å². The van der Waals surface area contributed by atoms with Crippen LogP contribution in [0.4, 0.5) is 0 Å². The van der Waals surface area contributed by atoms with Crippen LogP contribution < -0.4 is 5.32 Å². The van der Waals surface area contributed by atoms with Crippen molar-refractivity contribution in [2.75, 3.05) is 11.5 Å². The molecule has 0 aromatic rings. The van der Waals surface area contributed by atoms with Gasteiger partial charge in [0.1, 0.15) is 0 Å². The smallest absolute Gasteiger partial charge is 0.151 e. The number of hydrogen-bond acceptors (Lipinski definition) is 3. The molecular weight excluding hydrogens is 270 g/mol. The van der Waals surface area contributed by atoms with Crippen LogP contribution in [-0.2, 0) is 9.84 Å². The highest BCUT2D eigenvalue weighted by Gasteiger charge is 2.33. The van der Waals surface area contributed by atoms with Gasteiger partial charge in [-0.1, -0.05) is 27.2 Å². The SMILES string of the molecule is CCC(C)(C)C1CCC(NC2CCCS(=O)(=O)C2)CC1. The fourth-order valence-corrected chi connectivity index (χ4v) is 5.47. The second-order valence-corrected chi connectivity index (χ2v) is 9.74. The van der Waals surface area contributed by atoms with Gasteiger partial charge in [-0.3, -0.25) is 0 Å². The Morgan fingerprint density at radius 1 is 1.05 bits per heavy atom. The first kappa shape index (κ1) is 16.3. The van der Waals surface area contributed by atoms with E-state index >= 15 is 0 Å². The molecule has 0 amide bonds. The zero-order valence-electron chi connectivity index (χ0n) is 13.3. The van der Waals surface area contributed by atoms with E-state index in [4.69, 9.17) is 0 Å². The summed E-state index contributed by atoms with van der Waals surface area (Å²) in [7, 11) is -2.78. The average molecular weight is 301 g/mol. The van der Waals surface area contributed by atoms with E-state index in [-0.39, 0.29) is 6.04 Å². The molecule has 3 nitrogen and oxygen atoms in total. The summed E-state index contributed by atoms with van der Waals surface area (Å²) in [6, 6.07) is 0.742. The van der Waals surface area contributed by atoms with E-state index in [0.717, 1.165) is 18.8 Å². The lowest BCUT2D eigenvalue weighted by atomic mass is 9.69. The summed E-state index contributed by atoms with van der Waals surface area (Å²) in [6.45, 7) is 7.06. The van der Waals surface area contributed by atoms with E-state index in [2.05, 4.69) is 26.1 Å². The molecule has 2 aliphatic rings. The van der Waals surface area contributed by atoms with Gasteiger partial charge in [-0.2, -0.15) is 0 Å². The van der Waals surface area contributed by atoms with Gasteiger partial charge in [0.25, 0.3) is 0 Å². The third-order valence-electron chi connectivity index (χ3n) is 5.68. The fraction of sp³-hybridized carbons (Fsp3) is 1.00. The molecule has 0 spiro atoms. The number of sulfone groups is 1. The molecule has 1 aliphatic carbocycles. The molecule has 0 radical (unpaired) electrons. The average Bonchev–Trinajstić information content (AvgIpc) is 2.38. The van der Waals surface area contributed by atoms with Crippen LogP contribution in [0.5, 0.6) is 0 Å². The van der Waals surface area contributed by atoms with E-state index < -0.39 is 9.84 Å². The van der Waals surface area contributed by atoms with Crippen LogP contribution in [0, 0.1) is 11.3 Å². The predicted octanol–water partition coefficient (Wildman–Crippen LogP) is 3.15. The first-order chi connectivity index (χ1) is 9.32. The van der Waals surface area contributed by atoms with Gasteiger partial charge >= 0.3 is 0 Å². The maximum atomic E-state index is 11.7. The van der Waals surface area contributed by atoms with Crippen molar-refractivity contribution in [1.82, 2.24) is 5.32 Å². The van der Waals surface area contributed by atoms with Gasteiger partial charge in [-0.05, 0) is 49.9 Å². The van der Waals surface area contributed by atoms with Gasteiger partial charge in [0.2, 0.25) is 0 Å². The molecule has 1 atom stereocenters. The van der Waals surface area contributed by atoms with E-state index in [0.29, 0.717) is 23.0 Å². The zero-order valence-corrected chi connectivity index (χ0v) is 14.1. The van der Waals surface area contributed by atoms with Gasteiger partial charge in [0.05, 0.1) is 11.5 Å². The van der Waals surface area contributed by atoms with Crippen molar-refractivity contribution in [2.24, 2.45) is 11.3 Å². The van der Waals surface area contributed by atoms with Gasteiger partial charge in [-0.15, -0.1) is 0 Å². The van der Waals surface area contributed by atoms with Crippen LogP contribution in [0.3, 0.4) is 0 Å². The van der Waals surface area contributed by atoms with Gasteiger partial charge in [0.15, 0.2) is 9.84 Å². The first-order valence-corrected chi connectivity index (χ1v) is 10.1. The minimum Gasteiger partial charge on any atom is -0.310 e. The Labute approximate surface area is 124 Å². The molecule has 2 fully saturated rings. The lowest BCUT2D eigenvalue weighted by Gasteiger charge is -2.40. The largest absolute Gasteiger partial charge is 0.310 e. The third kappa shape index (κ3) is 4.20. The lowest BCUT2D eigenvalue weighted by molar-refractivity contribution is 0.134. The van der Waals surface area contributed by atoms with E-state index in [9.17, 15) is 8.42 Å². The summed E-state index contributed by atoms with van der Waals surface area (Å²) in [6.07, 6.45) is 8.11. The molecule has 1 heterocycles. The molecule has 1 saturated heterocycles. The van der Waals surface area contributed by atoms with Crippen molar-refractivity contribution in [3.8, 4) is 0 Å². The quantitative estimate of drug-likeness (QED) is 0.867. The van der Waals surface area contributed by atoms with Crippen molar-refractivity contribution in [2.45, 2.75) is 77.8 Å². The monoisotopic (exact) mass is 301 g/mol. The zero-order chi connectivity index (χ0) is 14.8. The molecule has 2 rings (SSSR count). The highest BCUT2D eigenvalue weighted by Crippen LogP contribution is 2.40. The number of rotatable bonds is 4. The van der Waals surface area contributed by atoms with Gasteiger partial charge < -0.3 is 5.32 Å². The topological polar surface area (TPSA) is 46.2 Å². The Morgan fingerprint density at radius 3 is 2.25 bits per heavy atom. The number of nitrogens with one attached hydrogen (secondary N) is 1. The summed E-state index contributed by atoms with van der Waals surface area (Å²) in [4.78, 5) is 0. The van der Waals surface area contributed by atoms with Crippen molar-refractivity contribution >= 4 is 9.84 Å². The van der Waals surface area contributed by atoms with Crippen LogP contribution in [0.25, 0.3) is 0 Å². The Hall–Kier alpha value is -0.0900. The molecule has 4 heteroatoms. The Kier molecular flexibility index (Phi) is 5.17. The molecule has 0 aromatic heterocycles. The normalized spacial score (nSPS) is 34.9. The van der Waals surface area contributed by atoms with Crippen LogP contribution in [-0.4, -0.2) is 32.0 Å². The molecule has 118 valence electrons. The second-order valence-electron chi connectivity index (χ2n) is 7.51. The predicted molar refractivity (Wildman–Crippen MR) is 84.6 cm³/mol. The highest BCUT2D eigenvalue weighted by molar-refractivity contribution is 7.91.